The molecule has 0 unspecified atom stereocenters. The van der Waals surface area contributed by atoms with Gasteiger partial charge in [-0.1, -0.05) is 0 Å². The molecule has 1 atom stereocenters. The van der Waals surface area contributed by atoms with Gasteiger partial charge in [0, 0.05) is 25.2 Å². The predicted molar refractivity (Wildman–Crippen MR) is 92.2 cm³/mol. The molecule has 0 aromatic heterocycles. The summed E-state index contributed by atoms with van der Waals surface area (Å²) >= 11 is 0. The van der Waals surface area contributed by atoms with E-state index in [9.17, 15) is 5.11 Å². The van der Waals surface area contributed by atoms with Crippen molar-refractivity contribution in [2.75, 3.05) is 27.4 Å². The second-order valence-corrected chi connectivity index (χ2v) is 6.28. The summed E-state index contributed by atoms with van der Waals surface area (Å²) in [6.45, 7) is 9.79. The maximum atomic E-state index is 10.2. The molecule has 5 nitrogen and oxygen atoms in total. The van der Waals surface area contributed by atoms with Gasteiger partial charge in [-0.15, -0.1) is 0 Å². The van der Waals surface area contributed by atoms with Gasteiger partial charge in [-0.05, 0) is 45.4 Å². The lowest BCUT2D eigenvalue weighted by atomic mass is 10.1. The van der Waals surface area contributed by atoms with Gasteiger partial charge in [0.1, 0.15) is 11.5 Å². The molecule has 0 heterocycles. The SMILES string of the molecule is COc1cc(CN(C[C@H](O)COC(C)C)C(C)C)cc(OC)c1. The topological polar surface area (TPSA) is 51.2 Å². The molecule has 5 heteroatoms. The van der Waals surface area contributed by atoms with Gasteiger partial charge in [-0.3, -0.25) is 4.90 Å². The Morgan fingerprint density at radius 2 is 1.57 bits per heavy atom. The van der Waals surface area contributed by atoms with Crippen LogP contribution in [0, 0.1) is 0 Å². The lowest BCUT2D eigenvalue weighted by Crippen LogP contribution is -2.39. The van der Waals surface area contributed by atoms with Crippen LogP contribution in [0.5, 0.6) is 11.5 Å². The summed E-state index contributed by atoms with van der Waals surface area (Å²) in [4.78, 5) is 2.21. The van der Waals surface area contributed by atoms with Crippen molar-refractivity contribution in [1.82, 2.24) is 4.90 Å². The molecule has 0 radical (unpaired) electrons. The summed E-state index contributed by atoms with van der Waals surface area (Å²) in [6.07, 6.45) is -0.382. The van der Waals surface area contributed by atoms with Crippen LogP contribution >= 0.6 is 0 Å². The molecule has 1 rings (SSSR count). The fourth-order valence-electron chi connectivity index (χ4n) is 2.28. The number of aliphatic hydroxyl groups is 1. The van der Waals surface area contributed by atoms with Gasteiger partial charge < -0.3 is 19.3 Å². The Labute approximate surface area is 140 Å². The Morgan fingerprint density at radius 3 is 2.00 bits per heavy atom. The molecule has 0 aliphatic heterocycles. The van der Waals surface area contributed by atoms with Crippen LogP contribution < -0.4 is 9.47 Å². The first-order valence-corrected chi connectivity index (χ1v) is 8.11. The lowest BCUT2D eigenvalue weighted by Gasteiger charge is -2.29. The lowest BCUT2D eigenvalue weighted by molar-refractivity contribution is -0.0136. The molecule has 1 N–H and O–H groups in total. The van der Waals surface area contributed by atoms with E-state index in [2.05, 4.69) is 18.7 Å². The fourth-order valence-corrected chi connectivity index (χ4v) is 2.28. The minimum absolute atomic E-state index is 0.125. The van der Waals surface area contributed by atoms with E-state index in [1.807, 2.05) is 32.0 Å². The first-order valence-electron chi connectivity index (χ1n) is 8.11. The highest BCUT2D eigenvalue weighted by Crippen LogP contribution is 2.24. The van der Waals surface area contributed by atoms with E-state index in [1.54, 1.807) is 14.2 Å². The van der Waals surface area contributed by atoms with Crippen molar-refractivity contribution in [2.24, 2.45) is 0 Å². The minimum Gasteiger partial charge on any atom is -0.497 e. The average molecular weight is 325 g/mol. The number of ether oxygens (including phenoxy) is 3. The van der Waals surface area contributed by atoms with E-state index in [4.69, 9.17) is 14.2 Å². The first kappa shape index (κ1) is 19.7. The van der Waals surface area contributed by atoms with E-state index in [-0.39, 0.29) is 6.10 Å². The highest BCUT2D eigenvalue weighted by molar-refractivity contribution is 5.38. The third kappa shape index (κ3) is 7.20. The number of methoxy groups -OCH3 is 2. The maximum absolute atomic E-state index is 10.2. The summed E-state index contributed by atoms with van der Waals surface area (Å²) in [5, 5.41) is 10.2. The zero-order valence-electron chi connectivity index (χ0n) is 15.2. The summed E-state index contributed by atoms with van der Waals surface area (Å²) in [5.41, 5.74) is 1.09. The molecule has 0 aliphatic rings. The summed E-state index contributed by atoms with van der Waals surface area (Å²) in [5.74, 6) is 1.54. The number of benzene rings is 1. The molecule has 0 bridgehead atoms. The normalized spacial score (nSPS) is 13.0. The Morgan fingerprint density at radius 1 is 1.00 bits per heavy atom. The van der Waals surface area contributed by atoms with Crippen molar-refractivity contribution in [3.05, 3.63) is 23.8 Å². The van der Waals surface area contributed by atoms with E-state index in [0.29, 0.717) is 25.7 Å². The number of hydrogen-bond acceptors (Lipinski definition) is 5. The molecule has 0 saturated heterocycles. The number of aliphatic hydroxyl groups excluding tert-OH is 1. The Bertz CT molecular complexity index is 440. The molecule has 0 aliphatic carbocycles. The van der Waals surface area contributed by atoms with E-state index in [1.165, 1.54) is 0 Å². The highest BCUT2D eigenvalue weighted by Gasteiger charge is 2.16. The summed E-state index contributed by atoms with van der Waals surface area (Å²) in [6, 6.07) is 6.15. The third-order valence-corrected chi connectivity index (χ3v) is 3.59. The maximum Gasteiger partial charge on any atom is 0.122 e. The van der Waals surface area contributed by atoms with Crippen molar-refractivity contribution < 1.29 is 19.3 Å². The van der Waals surface area contributed by atoms with Gasteiger partial charge in [0.05, 0.1) is 33.0 Å². The first-order chi connectivity index (χ1) is 10.8. The van der Waals surface area contributed by atoms with Crippen molar-refractivity contribution >= 4 is 0 Å². The third-order valence-electron chi connectivity index (χ3n) is 3.59. The van der Waals surface area contributed by atoms with E-state index >= 15 is 0 Å². The van der Waals surface area contributed by atoms with Gasteiger partial charge >= 0.3 is 0 Å². The van der Waals surface area contributed by atoms with Crippen molar-refractivity contribution in [3.8, 4) is 11.5 Å². The van der Waals surface area contributed by atoms with Crippen LogP contribution in [0.3, 0.4) is 0 Å². The van der Waals surface area contributed by atoms with Crippen molar-refractivity contribution in [3.63, 3.8) is 0 Å². The fraction of sp³-hybridized carbons (Fsp3) is 0.667. The van der Waals surface area contributed by atoms with Crippen LogP contribution in [0.4, 0.5) is 0 Å². The van der Waals surface area contributed by atoms with Gasteiger partial charge in [0.15, 0.2) is 0 Å². The van der Waals surface area contributed by atoms with Crippen molar-refractivity contribution in [1.29, 1.82) is 0 Å². The quantitative estimate of drug-likeness (QED) is 0.717. The molecule has 1 aromatic carbocycles. The number of hydrogen-bond donors (Lipinski definition) is 1. The Kier molecular flexibility index (Phi) is 8.37. The van der Waals surface area contributed by atoms with Crippen LogP contribution in [0.1, 0.15) is 33.3 Å². The van der Waals surface area contributed by atoms with Crippen molar-refractivity contribution in [2.45, 2.75) is 52.5 Å². The minimum atomic E-state index is -0.507. The Hall–Kier alpha value is -1.30. The predicted octanol–water partition coefficient (Wildman–Crippen LogP) is 2.70. The molecule has 0 saturated carbocycles. The molecular weight excluding hydrogens is 294 g/mol. The zero-order chi connectivity index (χ0) is 17.4. The van der Waals surface area contributed by atoms with Crippen LogP contribution in [0.15, 0.2) is 18.2 Å². The van der Waals surface area contributed by atoms with Crippen LogP contribution in [-0.4, -0.2) is 55.6 Å². The molecule has 0 fully saturated rings. The molecule has 0 spiro atoms. The molecule has 1 aromatic rings. The second kappa shape index (κ2) is 9.75. The molecule has 23 heavy (non-hydrogen) atoms. The second-order valence-electron chi connectivity index (χ2n) is 6.28. The summed E-state index contributed by atoms with van der Waals surface area (Å²) < 4.78 is 16.1. The standard InChI is InChI=1S/C18H31NO4/c1-13(2)19(11-16(20)12-23-14(3)4)10-15-7-17(21-5)9-18(8-15)22-6/h7-9,13-14,16,20H,10-12H2,1-6H3/t16-/m0/s1. The van der Waals surface area contributed by atoms with E-state index in [0.717, 1.165) is 17.1 Å². The van der Waals surface area contributed by atoms with Gasteiger partial charge in [0.2, 0.25) is 0 Å². The molecule has 132 valence electrons. The number of rotatable bonds is 10. The van der Waals surface area contributed by atoms with Crippen LogP contribution in [-0.2, 0) is 11.3 Å². The largest absolute Gasteiger partial charge is 0.497 e. The van der Waals surface area contributed by atoms with Crippen LogP contribution in [0.2, 0.25) is 0 Å². The monoisotopic (exact) mass is 325 g/mol. The Balaban J connectivity index is 2.75. The van der Waals surface area contributed by atoms with Crippen LogP contribution in [0.25, 0.3) is 0 Å². The smallest absolute Gasteiger partial charge is 0.122 e. The average Bonchev–Trinajstić information content (AvgIpc) is 2.51. The van der Waals surface area contributed by atoms with E-state index < -0.39 is 6.10 Å². The highest BCUT2D eigenvalue weighted by atomic mass is 16.5. The zero-order valence-corrected chi connectivity index (χ0v) is 15.2. The van der Waals surface area contributed by atoms with Gasteiger partial charge in [-0.25, -0.2) is 0 Å². The summed E-state index contributed by atoms with van der Waals surface area (Å²) in [7, 11) is 3.29. The number of nitrogens with zero attached hydrogens (tertiary/aromatic N) is 1. The van der Waals surface area contributed by atoms with Gasteiger partial charge in [0.25, 0.3) is 0 Å². The molecule has 0 amide bonds. The van der Waals surface area contributed by atoms with Gasteiger partial charge in [-0.2, -0.15) is 0 Å². The molecular formula is C18H31NO4.